The Morgan fingerprint density at radius 2 is 1.15 bits per heavy atom. The molecule has 0 aliphatic carbocycles. The van der Waals surface area contributed by atoms with Crippen molar-refractivity contribution in [1.82, 2.24) is 0 Å². The molecule has 4 nitrogen and oxygen atoms in total. The van der Waals surface area contributed by atoms with Crippen LogP contribution in [0, 0.1) is 0 Å². The number of alkyl halides is 10. The Morgan fingerprint density at radius 1 is 0.697 bits per heavy atom. The average Bonchev–Trinajstić information content (AvgIpc) is 2.68. The van der Waals surface area contributed by atoms with Crippen LogP contribution in [-0.2, 0) is 30.4 Å². The molecule has 14 heteroatoms. The molecule has 0 aliphatic heterocycles. The summed E-state index contributed by atoms with van der Waals surface area (Å²) in [5.74, 6) is -5.64. The lowest BCUT2D eigenvalue weighted by atomic mass is 9.84. The minimum absolute atomic E-state index is 0.0943. The van der Waals surface area contributed by atoms with Gasteiger partial charge in [-0.2, -0.15) is 43.9 Å². The Kier molecular flexibility index (Phi) is 9.19. The summed E-state index contributed by atoms with van der Waals surface area (Å²) in [5, 5.41) is 0. The molecule has 0 bridgehead atoms. The fourth-order valence-corrected chi connectivity index (χ4v) is 2.91. The van der Waals surface area contributed by atoms with E-state index in [-0.39, 0.29) is 12.5 Å². The smallest absolute Gasteiger partial charge is 0.359 e. The summed E-state index contributed by atoms with van der Waals surface area (Å²) in [5.41, 5.74) is -9.02. The van der Waals surface area contributed by atoms with Gasteiger partial charge in [0, 0.05) is 25.3 Å². The number of rotatable bonds is 10. The van der Waals surface area contributed by atoms with E-state index >= 15 is 4.39 Å². The zero-order valence-corrected chi connectivity index (χ0v) is 17.8. The molecule has 192 valence electrons. The van der Waals surface area contributed by atoms with Gasteiger partial charge in [0.15, 0.2) is 6.79 Å². The van der Waals surface area contributed by atoms with E-state index in [9.17, 15) is 39.5 Å². The van der Waals surface area contributed by atoms with E-state index in [0.717, 1.165) is 14.2 Å². The summed E-state index contributed by atoms with van der Waals surface area (Å²) in [4.78, 5) is 0. The van der Waals surface area contributed by atoms with Crippen molar-refractivity contribution in [2.75, 3.05) is 27.8 Å². The third-order valence-corrected chi connectivity index (χ3v) is 4.85. The Morgan fingerprint density at radius 3 is 1.55 bits per heavy atom. The second kappa shape index (κ2) is 10.3. The highest BCUT2D eigenvalue weighted by molar-refractivity contribution is 5.40. The van der Waals surface area contributed by atoms with Gasteiger partial charge in [-0.25, -0.2) is 0 Å². The van der Waals surface area contributed by atoms with Crippen LogP contribution in [0.25, 0.3) is 0 Å². The first kappa shape index (κ1) is 29.4. The molecule has 1 aromatic carbocycles. The lowest BCUT2D eigenvalue weighted by Crippen LogP contribution is -2.56. The lowest BCUT2D eigenvalue weighted by molar-refractivity contribution is -0.400. The Bertz CT molecular complexity index is 761. The Labute approximate surface area is 182 Å². The van der Waals surface area contributed by atoms with Gasteiger partial charge in [0.1, 0.15) is 6.79 Å². The van der Waals surface area contributed by atoms with Crippen LogP contribution < -0.4 is 0 Å². The maximum absolute atomic E-state index is 15.1. The highest BCUT2D eigenvalue weighted by Crippen LogP contribution is 2.54. The highest BCUT2D eigenvalue weighted by Gasteiger charge is 2.74. The van der Waals surface area contributed by atoms with Crippen LogP contribution >= 0.6 is 0 Å². The van der Waals surface area contributed by atoms with Gasteiger partial charge in [0.05, 0.1) is 0 Å². The predicted molar refractivity (Wildman–Crippen MR) is 93.7 cm³/mol. The number of benzene rings is 1. The highest BCUT2D eigenvalue weighted by atomic mass is 19.4. The molecule has 0 amide bonds. The molecule has 0 aliphatic rings. The van der Waals surface area contributed by atoms with E-state index in [1.54, 1.807) is 0 Å². The van der Waals surface area contributed by atoms with Crippen molar-refractivity contribution >= 4 is 0 Å². The molecular formula is C19H22F10O4. The zero-order valence-electron chi connectivity index (χ0n) is 17.8. The van der Waals surface area contributed by atoms with Gasteiger partial charge in [-0.1, -0.05) is 19.9 Å². The summed E-state index contributed by atoms with van der Waals surface area (Å²) in [6, 6.07) is 0.641. The van der Waals surface area contributed by atoms with Crippen LogP contribution in [0.4, 0.5) is 43.9 Å². The van der Waals surface area contributed by atoms with Crippen LogP contribution in [0.1, 0.15) is 42.9 Å². The second-order valence-corrected chi connectivity index (χ2v) is 7.02. The molecule has 0 saturated carbocycles. The van der Waals surface area contributed by atoms with Gasteiger partial charge in [-0.05, 0) is 30.0 Å². The molecule has 0 fully saturated rings. The molecule has 1 aromatic rings. The zero-order chi connectivity index (χ0) is 25.9. The first-order chi connectivity index (χ1) is 14.9. The fourth-order valence-electron chi connectivity index (χ4n) is 2.91. The van der Waals surface area contributed by atoms with E-state index in [2.05, 4.69) is 18.9 Å². The van der Waals surface area contributed by atoms with E-state index in [1.165, 1.54) is 13.8 Å². The van der Waals surface area contributed by atoms with Crippen molar-refractivity contribution in [3.8, 4) is 0 Å². The third-order valence-electron chi connectivity index (χ3n) is 4.85. The summed E-state index contributed by atoms with van der Waals surface area (Å²) in [6.07, 6.45) is -18.2. The van der Waals surface area contributed by atoms with Crippen LogP contribution in [-0.4, -0.2) is 46.3 Å². The third kappa shape index (κ3) is 5.72. The maximum atomic E-state index is 15.1. The first-order valence-corrected chi connectivity index (χ1v) is 9.23. The quantitative estimate of drug-likeness (QED) is 0.271. The molecule has 0 spiro atoms. The van der Waals surface area contributed by atoms with Crippen molar-refractivity contribution < 1.29 is 62.9 Å². The molecule has 2 unspecified atom stereocenters. The van der Waals surface area contributed by atoms with Crippen molar-refractivity contribution in [3.63, 3.8) is 0 Å². The number of hydrogen-bond acceptors (Lipinski definition) is 4. The van der Waals surface area contributed by atoms with Gasteiger partial charge in [-0.15, -0.1) is 0 Å². The minimum Gasteiger partial charge on any atom is -0.359 e. The number of hydrogen-bond donors (Lipinski definition) is 0. The van der Waals surface area contributed by atoms with Crippen LogP contribution in [0.15, 0.2) is 18.2 Å². The molecule has 33 heavy (non-hydrogen) atoms. The Balaban J connectivity index is 4.09. The molecule has 0 saturated heterocycles. The maximum Gasteiger partial charge on any atom is 0.453 e. The summed E-state index contributed by atoms with van der Waals surface area (Å²) in [7, 11) is 1.59. The van der Waals surface area contributed by atoms with Gasteiger partial charge >= 0.3 is 24.4 Å². The predicted octanol–water partition coefficient (Wildman–Crippen LogP) is 6.45. The molecule has 0 radical (unpaired) electrons. The molecule has 2 atom stereocenters. The second-order valence-electron chi connectivity index (χ2n) is 7.02. The van der Waals surface area contributed by atoms with Crippen LogP contribution in [0.5, 0.6) is 0 Å². The van der Waals surface area contributed by atoms with Crippen LogP contribution in [0.3, 0.4) is 0 Å². The number of halogens is 10. The first-order valence-electron chi connectivity index (χ1n) is 9.23. The van der Waals surface area contributed by atoms with Crippen molar-refractivity contribution in [3.05, 3.63) is 34.9 Å². The van der Waals surface area contributed by atoms with E-state index < -0.39 is 66.2 Å². The van der Waals surface area contributed by atoms with Crippen LogP contribution in [0.2, 0.25) is 0 Å². The number of methoxy groups -OCH3 is 2. The largest absolute Gasteiger partial charge is 0.453 e. The topological polar surface area (TPSA) is 36.9 Å². The fraction of sp³-hybridized carbons (Fsp3) is 0.684. The standard InChI is InChI=1S/C19H22F10O4/c1-5-11(2)12-6-13(15(17(21,22)23,18(24,25)26)32-9-30-3)8-14(7-12)16(20,19(27,28)29)33-10-31-4/h6-8,11H,5,9-10H2,1-4H3. The molecular weight excluding hydrogens is 482 g/mol. The normalized spacial score (nSPS) is 16.5. The molecule has 0 aromatic heterocycles. The lowest BCUT2D eigenvalue weighted by Gasteiger charge is -2.38. The summed E-state index contributed by atoms with van der Waals surface area (Å²) >= 11 is 0. The average molecular weight is 504 g/mol. The van der Waals surface area contributed by atoms with E-state index in [4.69, 9.17) is 0 Å². The monoisotopic (exact) mass is 504 g/mol. The number of ether oxygens (including phenoxy) is 4. The minimum atomic E-state index is -6.22. The van der Waals surface area contributed by atoms with Gasteiger partial charge in [0.2, 0.25) is 0 Å². The summed E-state index contributed by atoms with van der Waals surface area (Å²) < 4.78 is 156. The van der Waals surface area contributed by atoms with Crippen molar-refractivity contribution in [2.45, 2.75) is 56.2 Å². The van der Waals surface area contributed by atoms with E-state index in [0.29, 0.717) is 12.1 Å². The Hall–Kier alpha value is -1.64. The van der Waals surface area contributed by atoms with Crippen molar-refractivity contribution in [1.29, 1.82) is 0 Å². The SMILES string of the molecule is CCC(C)c1cc(C(F)(OCOC)C(F)(F)F)cc(C(OCOC)(C(F)(F)F)C(F)(F)F)c1. The van der Waals surface area contributed by atoms with Gasteiger partial charge in [0.25, 0.3) is 5.60 Å². The molecule has 0 heterocycles. The van der Waals surface area contributed by atoms with Gasteiger partial charge < -0.3 is 18.9 Å². The summed E-state index contributed by atoms with van der Waals surface area (Å²) in [6.45, 7) is -0.0246. The van der Waals surface area contributed by atoms with Crippen molar-refractivity contribution in [2.24, 2.45) is 0 Å². The van der Waals surface area contributed by atoms with Gasteiger partial charge in [-0.3, -0.25) is 0 Å². The van der Waals surface area contributed by atoms with E-state index in [1.807, 2.05) is 0 Å². The molecule has 0 N–H and O–H groups in total. The molecule has 1 rings (SSSR count).